The Bertz CT molecular complexity index is 1480. The predicted molar refractivity (Wildman–Crippen MR) is 173 cm³/mol. The van der Waals surface area contributed by atoms with Crippen molar-refractivity contribution >= 4 is 21.7 Å². The fraction of sp³-hybridized carbons (Fsp3) is 0.618. The van der Waals surface area contributed by atoms with Gasteiger partial charge in [-0.2, -0.15) is 4.31 Å². The van der Waals surface area contributed by atoms with E-state index in [1.54, 1.807) is 6.07 Å². The number of likely N-dealkylation sites (N-methyl/N-ethyl adjacent to an activating group) is 1. The molecule has 0 aromatic heterocycles. The van der Waals surface area contributed by atoms with Crippen molar-refractivity contribution in [1.82, 2.24) is 9.62 Å². The third-order valence-electron chi connectivity index (χ3n) is 9.26. The number of fused-ring (bicyclic) bond motifs is 2. The number of aliphatic hydroxyl groups excluding tert-OH is 1. The van der Waals surface area contributed by atoms with E-state index in [9.17, 15) is 27.1 Å². The Kier molecular flexibility index (Phi) is 12.8. The Morgan fingerprint density at radius 2 is 1.81 bits per heavy atom. The summed E-state index contributed by atoms with van der Waals surface area (Å²) in [6.07, 6.45) is 1.09. The summed E-state index contributed by atoms with van der Waals surface area (Å²) in [5, 5.41) is 15.0. The molecule has 14 heteroatoms. The van der Waals surface area contributed by atoms with Crippen molar-refractivity contribution in [1.29, 1.82) is 0 Å². The van der Waals surface area contributed by atoms with Crippen molar-refractivity contribution in [3.05, 3.63) is 59.2 Å². The average Bonchev–Trinajstić information content (AvgIpc) is 3.61. The number of hydrogen-bond acceptors (Lipinski definition) is 10. The minimum atomic E-state index is -4.16. The molecule has 0 saturated carbocycles. The van der Waals surface area contributed by atoms with Crippen LogP contribution < -0.4 is 11.1 Å². The number of hydrogen-bond donors (Lipinski definition) is 3. The number of nitrogens with zero attached hydrogens (tertiary/aromatic N) is 1. The average molecular weight is 696 g/mol. The van der Waals surface area contributed by atoms with Crippen molar-refractivity contribution in [2.45, 2.75) is 87.9 Å². The highest BCUT2D eigenvalue weighted by molar-refractivity contribution is 7.89. The number of benzene rings is 2. The van der Waals surface area contributed by atoms with E-state index in [2.05, 4.69) is 5.32 Å². The van der Waals surface area contributed by atoms with Gasteiger partial charge in [-0.15, -0.1) is 0 Å². The van der Waals surface area contributed by atoms with Crippen molar-refractivity contribution in [3.63, 3.8) is 0 Å². The smallest absolute Gasteiger partial charge is 0.306 e. The van der Waals surface area contributed by atoms with Crippen LogP contribution >= 0.6 is 0 Å². The summed E-state index contributed by atoms with van der Waals surface area (Å²) in [4.78, 5) is 13.5. The van der Waals surface area contributed by atoms with Gasteiger partial charge in [-0.25, -0.2) is 17.2 Å². The van der Waals surface area contributed by atoms with Gasteiger partial charge in [0.1, 0.15) is 17.7 Å². The summed E-state index contributed by atoms with van der Waals surface area (Å²) in [5.74, 6) is -3.40. The first-order chi connectivity index (χ1) is 23.0. The number of esters is 1. The lowest BCUT2D eigenvalue weighted by atomic mass is 9.90. The summed E-state index contributed by atoms with van der Waals surface area (Å²) >= 11 is 0. The van der Waals surface area contributed by atoms with Crippen molar-refractivity contribution in [2.24, 2.45) is 11.8 Å². The van der Waals surface area contributed by atoms with Crippen LogP contribution in [0.3, 0.4) is 0 Å². The van der Waals surface area contributed by atoms with Crippen LogP contribution in [0.25, 0.3) is 0 Å². The number of nitrogens with one attached hydrogen (secondary N) is 1. The standard InChI is InChI=1S/C34H47F2N3O8S/c1-2-38-28-20-45-34-33(28)30(21-46-34)47-32(41)16-23(12-22-13-25(35)17-26(36)14-22)29(40)18-39-10-6-4-3-5-7-11-44-19-24-15-27(37)8-9-31(24)48(39,42)43/h8-9,13-15,17,23,28-30,33-34,38,40H,2-7,10-12,16,18-21,37H2,1H3/t23-,28+,29-,30+,33+,34-/m1/s1. The third-order valence-corrected chi connectivity index (χ3v) is 11.2. The van der Waals surface area contributed by atoms with Gasteiger partial charge in [-0.05, 0) is 67.3 Å². The largest absolute Gasteiger partial charge is 0.459 e. The second-order valence-corrected chi connectivity index (χ2v) is 14.8. The molecule has 4 N–H and O–H groups in total. The molecule has 0 spiro atoms. The van der Waals surface area contributed by atoms with E-state index in [1.807, 2.05) is 6.92 Å². The first-order valence-electron chi connectivity index (χ1n) is 16.8. The summed E-state index contributed by atoms with van der Waals surface area (Å²) < 4.78 is 81.0. The Balaban J connectivity index is 1.38. The van der Waals surface area contributed by atoms with E-state index in [-0.39, 0.29) is 61.6 Å². The topological polar surface area (TPSA) is 150 Å². The summed E-state index contributed by atoms with van der Waals surface area (Å²) in [7, 11) is -4.16. The molecule has 3 aliphatic heterocycles. The molecular formula is C34H47F2N3O8S. The highest BCUT2D eigenvalue weighted by atomic mass is 32.2. The number of carbonyl (C=O) groups excluding carboxylic acids is 1. The van der Waals surface area contributed by atoms with E-state index in [1.165, 1.54) is 16.4 Å². The van der Waals surface area contributed by atoms with E-state index < -0.39 is 52.0 Å². The lowest BCUT2D eigenvalue weighted by Crippen LogP contribution is -2.44. The number of nitrogen functional groups attached to an aromatic ring is 1. The van der Waals surface area contributed by atoms with Crippen molar-refractivity contribution in [2.75, 3.05) is 45.2 Å². The lowest BCUT2D eigenvalue weighted by molar-refractivity contribution is -0.153. The summed E-state index contributed by atoms with van der Waals surface area (Å²) in [6, 6.07) is 7.47. The first kappa shape index (κ1) is 36.6. The van der Waals surface area contributed by atoms with Gasteiger partial charge in [0.15, 0.2) is 6.29 Å². The molecule has 0 aliphatic carbocycles. The van der Waals surface area contributed by atoms with E-state index in [0.29, 0.717) is 37.4 Å². The Hall–Kier alpha value is -2.72. The van der Waals surface area contributed by atoms with E-state index in [4.69, 9.17) is 24.7 Å². The molecule has 5 rings (SSSR count). The minimum Gasteiger partial charge on any atom is -0.459 e. The van der Waals surface area contributed by atoms with Crippen LogP contribution in [0.4, 0.5) is 14.5 Å². The molecule has 3 aliphatic rings. The molecule has 6 atom stereocenters. The molecule has 2 saturated heterocycles. The zero-order valence-electron chi connectivity index (χ0n) is 27.3. The predicted octanol–water partition coefficient (Wildman–Crippen LogP) is 3.52. The number of rotatable bonds is 10. The van der Waals surface area contributed by atoms with Gasteiger partial charge in [0.25, 0.3) is 0 Å². The molecule has 0 radical (unpaired) electrons. The summed E-state index contributed by atoms with van der Waals surface area (Å²) in [6.45, 7) is 3.55. The van der Waals surface area contributed by atoms with Crippen LogP contribution in [0.1, 0.15) is 56.6 Å². The number of sulfonamides is 1. The van der Waals surface area contributed by atoms with Gasteiger partial charge in [-0.3, -0.25) is 4.79 Å². The fourth-order valence-electron chi connectivity index (χ4n) is 6.86. The summed E-state index contributed by atoms with van der Waals surface area (Å²) in [5.41, 5.74) is 7.02. The maximum Gasteiger partial charge on any atom is 0.306 e. The van der Waals surface area contributed by atoms with Crippen LogP contribution in [-0.4, -0.2) is 87.8 Å². The maximum atomic E-state index is 14.2. The zero-order chi connectivity index (χ0) is 34.3. The van der Waals surface area contributed by atoms with Crippen LogP contribution in [0, 0.1) is 23.5 Å². The van der Waals surface area contributed by atoms with Gasteiger partial charge in [0, 0.05) is 43.4 Å². The normalized spacial score (nSPS) is 26.3. The molecule has 2 aromatic rings. The van der Waals surface area contributed by atoms with Gasteiger partial charge in [-0.1, -0.05) is 26.2 Å². The molecular weight excluding hydrogens is 648 g/mol. The number of nitrogens with two attached hydrogens (primary N) is 1. The van der Waals surface area contributed by atoms with E-state index >= 15 is 0 Å². The molecule has 0 unspecified atom stereocenters. The number of ether oxygens (including phenoxy) is 4. The SMILES string of the molecule is CCN[C@H]1CO[C@@H]2OC[C@H](OC(=O)C[C@@H](Cc3cc(F)cc(F)c3)[C@H](O)CN3CCCCCCCOCc4cc(N)ccc4S3(=O)=O)[C@@H]21. The number of β-amino-alcohol motifs (C(OH)–C–C–N with tert-alkyl or cyclic N) is 1. The number of aliphatic hydroxyl groups is 1. The third kappa shape index (κ3) is 9.29. The van der Waals surface area contributed by atoms with Crippen molar-refractivity contribution < 1.29 is 46.0 Å². The van der Waals surface area contributed by atoms with Crippen LogP contribution in [0.15, 0.2) is 41.3 Å². The molecule has 11 nitrogen and oxygen atoms in total. The van der Waals surface area contributed by atoms with Crippen molar-refractivity contribution in [3.8, 4) is 0 Å². The van der Waals surface area contributed by atoms with Gasteiger partial charge < -0.3 is 35.1 Å². The second kappa shape index (κ2) is 16.8. The van der Waals surface area contributed by atoms with Gasteiger partial charge >= 0.3 is 5.97 Å². The first-order valence-corrected chi connectivity index (χ1v) is 18.2. The molecule has 0 bridgehead atoms. The second-order valence-electron chi connectivity index (χ2n) is 12.9. The monoisotopic (exact) mass is 695 g/mol. The number of carbonyl (C=O) groups is 1. The molecule has 48 heavy (non-hydrogen) atoms. The molecule has 2 aromatic carbocycles. The minimum absolute atomic E-state index is 0.0242. The van der Waals surface area contributed by atoms with Gasteiger partial charge in [0.2, 0.25) is 10.0 Å². The Morgan fingerprint density at radius 1 is 1.08 bits per heavy atom. The van der Waals surface area contributed by atoms with Crippen LogP contribution in [0.5, 0.6) is 0 Å². The molecule has 266 valence electrons. The number of halogens is 2. The lowest BCUT2D eigenvalue weighted by Gasteiger charge is -2.30. The highest BCUT2D eigenvalue weighted by Gasteiger charge is 2.49. The maximum absolute atomic E-state index is 14.2. The number of anilines is 1. The molecule has 3 heterocycles. The highest BCUT2D eigenvalue weighted by Crippen LogP contribution is 2.34. The quantitative estimate of drug-likeness (QED) is 0.249. The van der Waals surface area contributed by atoms with Crippen LogP contribution in [0.2, 0.25) is 0 Å². The molecule has 0 amide bonds. The Labute approximate surface area is 281 Å². The van der Waals surface area contributed by atoms with Gasteiger partial charge in [0.05, 0.1) is 43.2 Å². The zero-order valence-corrected chi connectivity index (χ0v) is 28.1. The van der Waals surface area contributed by atoms with E-state index in [0.717, 1.165) is 43.9 Å². The van der Waals surface area contributed by atoms with Crippen LogP contribution in [-0.2, 0) is 46.8 Å². The Morgan fingerprint density at radius 3 is 2.58 bits per heavy atom. The fourth-order valence-corrected chi connectivity index (χ4v) is 8.54. The molecule has 2 fully saturated rings.